The van der Waals surface area contributed by atoms with E-state index < -0.39 is 0 Å². The maximum absolute atomic E-state index is 5.90. The van der Waals surface area contributed by atoms with E-state index in [4.69, 9.17) is 5.73 Å². The molecule has 3 N–H and O–H groups in total. The Bertz CT molecular complexity index is 560. The summed E-state index contributed by atoms with van der Waals surface area (Å²) in [6, 6.07) is 21.4. The van der Waals surface area contributed by atoms with Crippen molar-refractivity contribution in [2.45, 2.75) is 12.1 Å². The Morgan fingerprint density at radius 3 is 2.16 bits per heavy atom. The Hall–Kier alpha value is -1.90. The van der Waals surface area contributed by atoms with Crippen LogP contribution in [-0.4, -0.2) is 12.6 Å². The molecule has 19 heavy (non-hydrogen) atoms. The van der Waals surface area contributed by atoms with Crippen molar-refractivity contribution in [2.24, 2.45) is 5.73 Å². The fourth-order valence-corrected chi connectivity index (χ4v) is 2.63. The maximum atomic E-state index is 5.90. The highest BCUT2D eigenvalue weighted by molar-refractivity contribution is 5.73. The summed E-state index contributed by atoms with van der Waals surface area (Å²) in [6.45, 7) is 0.615. The van der Waals surface area contributed by atoms with Crippen LogP contribution in [0.15, 0.2) is 66.7 Å². The van der Waals surface area contributed by atoms with Crippen molar-refractivity contribution < 1.29 is 0 Å². The molecular weight excluding hydrogens is 232 g/mol. The highest BCUT2D eigenvalue weighted by Crippen LogP contribution is 2.30. The zero-order valence-electron chi connectivity index (χ0n) is 10.8. The number of nitrogens with two attached hydrogens (primary N) is 1. The molecule has 2 heteroatoms. The third-order valence-electron chi connectivity index (χ3n) is 3.60. The number of benzene rings is 2. The molecule has 2 nitrogen and oxygen atoms in total. The van der Waals surface area contributed by atoms with Crippen LogP contribution in [0.1, 0.15) is 17.2 Å². The monoisotopic (exact) mass is 250 g/mol. The van der Waals surface area contributed by atoms with Crippen LogP contribution in [-0.2, 0) is 0 Å². The van der Waals surface area contributed by atoms with Crippen LogP contribution in [0.2, 0.25) is 0 Å². The normalized spacial score (nSPS) is 22.3. The lowest BCUT2D eigenvalue weighted by atomic mass is 10.00. The third-order valence-corrected chi connectivity index (χ3v) is 3.60. The topological polar surface area (TPSA) is 38.0 Å². The average molecular weight is 250 g/mol. The second-order valence-corrected chi connectivity index (χ2v) is 4.83. The first-order chi connectivity index (χ1) is 9.38. The molecule has 2 atom stereocenters. The van der Waals surface area contributed by atoms with Crippen LogP contribution in [0, 0.1) is 0 Å². The number of rotatable bonds is 3. The Morgan fingerprint density at radius 2 is 1.53 bits per heavy atom. The zero-order chi connectivity index (χ0) is 13.1. The van der Waals surface area contributed by atoms with Gasteiger partial charge in [-0.05, 0) is 16.7 Å². The molecule has 2 aromatic carbocycles. The van der Waals surface area contributed by atoms with E-state index >= 15 is 0 Å². The smallest absolute Gasteiger partial charge is 0.0517 e. The number of nitrogens with one attached hydrogen (secondary N) is 1. The highest BCUT2D eigenvalue weighted by Gasteiger charge is 2.25. The quantitative estimate of drug-likeness (QED) is 0.879. The van der Waals surface area contributed by atoms with E-state index in [1.165, 1.54) is 16.7 Å². The summed E-state index contributed by atoms with van der Waals surface area (Å²) in [5.74, 6) is 0. The van der Waals surface area contributed by atoms with Crippen LogP contribution in [0.25, 0.3) is 5.57 Å². The third kappa shape index (κ3) is 2.46. The van der Waals surface area contributed by atoms with Gasteiger partial charge in [0.2, 0.25) is 0 Å². The lowest BCUT2D eigenvalue weighted by Gasteiger charge is -2.16. The molecule has 1 aliphatic rings. The first-order valence-electron chi connectivity index (χ1n) is 6.66. The molecule has 0 spiro atoms. The van der Waals surface area contributed by atoms with Gasteiger partial charge in [0.05, 0.1) is 6.04 Å². The van der Waals surface area contributed by atoms with Gasteiger partial charge in [0.15, 0.2) is 0 Å². The van der Waals surface area contributed by atoms with Gasteiger partial charge >= 0.3 is 0 Å². The largest absolute Gasteiger partial charge is 0.329 e. The van der Waals surface area contributed by atoms with Crippen molar-refractivity contribution in [1.82, 2.24) is 5.32 Å². The molecule has 2 unspecified atom stereocenters. The van der Waals surface area contributed by atoms with Crippen LogP contribution in [0.4, 0.5) is 0 Å². The number of hydrogen-bond donors (Lipinski definition) is 2. The van der Waals surface area contributed by atoms with Gasteiger partial charge in [-0.25, -0.2) is 0 Å². The van der Waals surface area contributed by atoms with Crippen LogP contribution >= 0.6 is 0 Å². The molecule has 0 amide bonds. The van der Waals surface area contributed by atoms with Gasteiger partial charge in [-0.2, -0.15) is 0 Å². The van der Waals surface area contributed by atoms with Gasteiger partial charge in [-0.1, -0.05) is 66.7 Å². The summed E-state index contributed by atoms with van der Waals surface area (Å²) in [5.41, 5.74) is 9.74. The van der Waals surface area contributed by atoms with Gasteiger partial charge in [-0.3, -0.25) is 5.32 Å². The minimum atomic E-state index is 0.229. The first kappa shape index (κ1) is 12.2. The molecule has 2 aromatic rings. The summed E-state index contributed by atoms with van der Waals surface area (Å²) >= 11 is 0. The van der Waals surface area contributed by atoms with Gasteiger partial charge in [0.25, 0.3) is 0 Å². The molecule has 0 aromatic heterocycles. The summed E-state index contributed by atoms with van der Waals surface area (Å²) in [5, 5.41) is 3.59. The minimum absolute atomic E-state index is 0.229. The van der Waals surface area contributed by atoms with E-state index in [-0.39, 0.29) is 12.1 Å². The molecule has 0 aliphatic carbocycles. The molecule has 1 heterocycles. The Morgan fingerprint density at radius 1 is 0.895 bits per heavy atom. The van der Waals surface area contributed by atoms with Crippen LogP contribution in [0.3, 0.4) is 0 Å². The molecule has 96 valence electrons. The van der Waals surface area contributed by atoms with Crippen molar-refractivity contribution in [2.75, 3.05) is 6.54 Å². The molecule has 1 aliphatic heterocycles. The molecule has 0 radical (unpaired) electrons. The second kappa shape index (κ2) is 5.39. The molecular formula is C17H18N2. The lowest BCUT2D eigenvalue weighted by Crippen LogP contribution is -2.33. The van der Waals surface area contributed by atoms with Crippen molar-refractivity contribution in [3.8, 4) is 0 Å². The Labute approximate surface area is 114 Å². The molecule has 0 saturated carbocycles. The highest BCUT2D eigenvalue weighted by atomic mass is 15.0. The molecule has 0 bridgehead atoms. The predicted octanol–water partition coefficient (Wildman–Crippen LogP) is 2.74. The summed E-state index contributed by atoms with van der Waals surface area (Å²) in [7, 11) is 0. The van der Waals surface area contributed by atoms with Crippen molar-refractivity contribution >= 4 is 5.57 Å². The van der Waals surface area contributed by atoms with Gasteiger partial charge in [0.1, 0.15) is 0 Å². The summed E-state index contributed by atoms with van der Waals surface area (Å²) in [6.07, 6.45) is 2.29. The Balaban J connectivity index is 1.94. The molecule has 0 fully saturated rings. The van der Waals surface area contributed by atoms with Crippen molar-refractivity contribution in [3.63, 3.8) is 0 Å². The summed E-state index contributed by atoms with van der Waals surface area (Å²) in [4.78, 5) is 0. The van der Waals surface area contributed by atoms with Crippen molar-refractivity contribution in [1.29, 1.82) is 0 Å². The number of hydrogen-bond acceptors (Lipinski definition) is 2. The van der Waals surface area contributed by atoms with E-state index in [1.807, 2.05) is 12.1 Å². The molecule has 0 saturated heterocycles. The van der Waals surface area contributed by atoms with E-state index in [9.17, 15) is 0 Å². The van der Waals surface area contributed by atoms with Gasteiger partial charge < -0.3 is 5.73 Å². The fourth-order valence-electron chi connectivity index (χ4n) is 2.63. The summed E-state index contributed by atoms with van der Waals surface area (Å²) < 4.78 is 0. The fraction of sp³-hybridized carbons (Fsp3) is 0.176. The van der Waals surface area contributed by atoms with E-state index in [0.29, 0.717) is 6.54 Å². The van der Waals surface area contributed by atoms with E-state index in [0.717, 1.165) is 0 Å². The maximum Gasteiger partial charge on any atom is 0.0517 e. The van der Waals surface area contributed by atoms with Crippen LogP contribution in [0.5, 0.6) is 0 Å². The molecule has 3 rings (SSSR count). The van der Waals surface area contributed by atoms with Crippen molar-refractivity contribution in [3.05, 3.63) is 77.9 Å². The van der Waals surface area contributed by atoms with Gasteiger partial charge in [0, 0.05) is 12.6 Å². The van der Waals surface area contributed by atoms with Crippen LogP contribution < -0.4 is 11.1 Å². The SMILES string of the molecule is NCC1NC(c2ccccc2)C=C1c1ccccc1. The second-order valence-electron chi connectivity index (χ2n) is 4.83. The average Bonchev–Trinajstić information content (AvgIpc) is 2.93. The van der Waals surface area contributed by atoms with E-state index in [1.54, 1.807) is 0 Å². The van der Waals surface area contributed by atoms with Gasteiger partial charge in [-0.15, -0.1) is 0 Å². The predicted molar refractivity (Wildman–Crippen MR) is 79.6 cm³/mol. The lowest BCUT2D eigenvalue weighted by molar-refractivity contribution is 0.595. The first-order valence-corrected chi connectivity index (χ1v) is 6.66. The van der Waals surface area contributed by atoms with E-state index in [2.05, 4.69) is 59.9 Å². The zero-order valence-corrected chi connectivity index (χ0v) is 10.8. The minimum Gasteiger partial charge on any atom is -0.329 e. The Kier molecular flexibility index (Phi) is 3.45. The standard InChI is InChI=1S/C17H18N2/c18-12-17-15(13-7-3-1-4-8-13)11-16(19-17)14-9-5-2-6-10-14/h1-11,16-17,19H,12,18H2.